The van der Waals surface area contributed by atoms with E-state index in [9.17, 15) is 58.2 Å². The number of guanidine groups is 1. The molecule has 2 fully saturated rings. The summed E-state index contributed by atoms with van der Waals surface area (Å²) >= 11 is 0. The number of nitrogens with one attached hydrogen (secondary N) is 11. The first-order valence-electron chi connectivity index (χ1n) is 30.4. The maximum Gasteiger partial charge on any atom is 0.300 e. The zero-order valence-electron chi connectivity index (χ0n) is 52.1. The number of hydrogen-bond acceptors (Lipinski definition) is 15. The molecule has 0 aliphatic carbocycles. The van der Waals surface area contributed by atoms with Gasteiger partial charge in [0.2, 0.25) is 59.1 Å². The lowest BCUT2D eigenvalue weighted by Crippen LogP contribution is -2.61. The smallest absolute Gasteiger partial charge is 0.300 e. The third kappa shape index (κ3) is 23.1. The molecule has 2 aromatic heterocycles. The minimum atomic E-state index is -1.75. The van der Waals surface area contributed by atoms with E-state index in [-0.39, 0.29) is 106 Å². The van der Waals surface area contributed by atoms with Crippen LogP contribution in [-0.2, 0) is 72.0 Å². The van der Waals surface area contributed by atoms with Gasteiger partial charge in [0.05, 0.1) is 12.9 Å². The van der Waals surface area contributed by atoms with Gasteiger partial charge in [0.15, 0.2) is 5.96 Å². The molecule has 4 heterocycles. The fourth-order valence-electron chi connectivity index (χ4n) is 10.5. The van der Waals surface area contributed by atoms with E-state index in [4.69, 9.17) is 21.4 Å². The van der Waals surface area contributed by atoms with E-state index in [2.05, 4.69) is 67.8 Å². The number of carbonyl (C=O) groups is 11. The number of nitrogens with two attached hydrogens (primary N) is 2. The SMILES string of the molecule is CC(=O)O.CCNC(=O)[C@@H]1CCCN1C(=O)[C@@H](CCCN=C(N)N)NC(=O)[C@@H](CC(C)C)NC(=O)[C@@H](CC(C)C)NC(=O)[C@@H](Cc1ccc(O)cc1)NC(=O)[C@@H](CO)NC(=O)[C@@H](Cc1c[nH]c2ccccc12)NC(=O)[C@@H](Cc1cnc[nH]1)NC(=O)[C@@H]1CCC(=O)N1. The van der Waals surface area contributed by atoms with Gasteiger partial charge in [-0.05, 0) is 93.0 Å². The minimum Gasteiger partial charge on any atom is -0.508 e. The summed E-state index contributed by atoms with van der Waals surface area (Å²) < 4.78 is 0. The number of phenolic OH excluding ortho intramolecular Hbond substituents is 1. The Kier molecular flexibility index (Phi) is 28.2. The van der Waals surface area contributed by atoms with Gasteiger partial charge in [-0.25, -0.2) is 4.98 Å². The summed E-state index contributed by atoms with van der Waals surface area (Å²) in [6.45, 7) is 9.91. The Bertz CT molecular complexity index is 3160. The second-order valence-corrected chi connectivity index (χ2v) is 23.3. The Morgan fingerprint density at radius 1 is 0.703 bits per heavy atom. The average Bonchev–Trinajstić information content (AvgIpc) is 2.04. The van der Waals surface area contributed by atoms with Crippen molar-refractivity contribution in [1.82, 2.24) is 67.7 Å². The maximum absolute atomic E-state index is 14.7. The number of nitrogens with zero attached hydrogens (tertiary/aromatic N) is 3. The summed E-state index contributed by atoms with van der Waals surface area (Å²) in [7, 11) is 0. The number of hydrogen-bond donors (Lipinski definition) is 16. The number of carboxylic acids is 1. The van der Waals surface area contributed by atoms with Crippen molar-refractivity contribution in [3.63, 3.8) is 0 Å². The topological polar surface area (TPSA) is 469 Å². The van der Waals surface area contributed by atoms with E-state index in [0.29, 0.717) is 41.6 Å². The summed E-state index contributed by atoms with van der Waals surface area (Å²) in [6, 6.07) is 1.58. The van der Waals surface area contributed by atoms with Crippen LogP contribution < -0.4 is 59.3 Å². The number of carboxylic acid groups (broad SMARTS) is 1. The molecule has 2 aromatic carbocycles. The zero-order valence-corrected chi connectivity index (χ0v) is 52.1. The Morgan fingerprint density at radius 2 is 1.25 bits per heavy atom. The number of aromatic hydroxyl groups is 1. The van der Waals surface area contributed by atoms with Crippen molar-refractivity contribution in [3.8, 4) is 5.75 Å². The Hall–Kier alpha value is -9.61. The van der Waals surface area contributed by atoms with Gasteiger partial charge in [0, 0.05) is 81.2 Å². The van der Waals surface area contributed by atoms with E-state index < -0.39 is 114 Å². The van der Waals surface area contributed by atoms with Crippen molar-refractivity contribution < 1.29 is 68.1 Å². The van der Waals surface area contributed by atoms with Crippen LogP contribution in [0.1, 0.15) is 110 Å². The zero-order chi connectivity index (χ0) is 66.9. The van der Waals surface area contributed by atoms with E-state index in [0.717, 1.165) is 12.4 Å². The molecule has 10 amide bonds. The molecule has 0 spiro atoms. The third-order valence-electron chi connectivity index (χ3n) is 14.9. The number of H-pyrrole nitrogens is 2. The van der Waals surface area contributed by atoms with Gasteiger partial charge >= 0.3 is 0 Å². The van der Waals surface area contributed by atoms with Crippen LogP contribution in [0.4, 0.5) is 0 Å². The Balaban J connectivity index is 0.00000365. The molecular weight excluding hydrogens is 1180 g/mol. The number of likely N-dealkylation sites (N-methyl/N-ethyl adjacent to an activating group) is 1. The number of imidazole rings is 1. The number of aliphatic carboxylic acids is 1. The average molecular weight is 1270 g/mol. The molecule has 2 aliphatic heterocycles. The number of amides is 10. The number of aromatic nitrogens is 3. The lowest BCUT2D eigenvalue weighted by Gasteiger charge is -2.31. The molecule has 6 rings (SSSR count). The highest BCUT2D eigenvalue weighted by Gasteiger charge is 2.40. The predicted molar refractivity (Wildman–Crippen MR) is 333 cm³/mol. The van der Waals surface area contributed by atoms with Crippen LogP contribution in [-0.4, -0.2) is 187 Å². The van der Waals surface area contributed by atoms with Crippen LogP contribution in [0.25, 0.3) is 10.9 Å². The monoisotopic (exact) mass is 1270 g/mol. The number of aliphatic hydroxyl groups is 1. The molecule has 2 saturated heterocycles. The van der Waals surface area contributed by atoms with Gasteiger partial charge in [0.25, 0.3) is 5.97 Å². The molecule has 18 N–H and O–H groups in total. The number of carbonyl (C=O) groups excluding carboxylic acids is 10. The Labute approximate surface area is 526 Å². The van der Waals surface area contributed by atoms with Gasteiger partial charge < -0.3 is 89.5 Å². The predicted octanol–water partition coefficient (Wildman–Crippen LogP) is -1.35. The molecule has 0 saturated carbocycles. The number of aliphatic hydroxyl groups excluding tert-OH is 1. The summed E-state index contributed by atoms with van der Waals surface area (Å²) in [5.74, 6) is -8.39. The second-order valence-electron chi connectivity index (χ2n) is 23.3. The van der Waals surface area contributed by atoms with Gasteiger partial charge in [-0.2, -0.15) is 0 Å². The molecule has 0 bridgehead atoms. The molecule has 2 aliphatic rings. The molecule has 30 heteroatoms. The largest absolute Gasteiger partial charge is 0.508 e. The first-order chi connectivity index (χ1) is 43.3. The fourth-order valence-corrected chi connectivity index (χ4v) is 10.5. The number of fused-ring (bicyclic) bond motifs is 1. The van der Waals surface area contributed by atoms with Gasteiger partial charge in [0.1, 0.15) is 60.1 Å². The summed E-state index contributed by atoms with van der Waals surface area (Å²) in [4.78, 5) is 164. The van der Waals surface area contributed by atoms with Gasteiger partial charge in [-0.15, -0.1) is 0 Å². The third-order valence-corrected chi connectivity index (χ3v) is 14.9. The van der Waals surface area contributed by atoms with E-state index in [1.165, 1.54) is 41.7 Å². The minimum absolute atomic E-state index is 0.0397. The summed E-state index contributed by atoms with van der Waals surface area (Å²) in [6.07, 6.45) is 5.80. The van der Waals surface area contributed by atoms with Crippen molar-refractivity contribution in [2.75, 3.05) is 26.2 Å². The molecule has 4 aromatic rings. The van der Waals surface area contributed by atoms with Crippen LogP contribution in [0.15, 0.2) is 72.2 Å². The van der Waals surface area contributed by atoms with Crippen LogP contribution in [0, 0.1) is 11.8 Å². The van der Waals surface area contributed by atoms with E-state index in [1.54, 1.807) is 45.2 Å². The highest BCUT2D eigenvalue weighted by Crippen LogP contribution is 2.22. The number of aromatic amines is 2. The van der Waals surface area contributed by atoms with Crippen molar-refractivity contribution in [2.45, 2.75) is 167 Å². The standard InChI is InChI=1S/C59H84N16O12.C2H4O2/c1-6-63-57(86)48-14-10-22-75(48)58(87)41(13-9-21-64-59(60)61)68-51(80)42(23-32(2)3)69-52(81)43(24-33(4)5)70-53(82)44(25-34-15-17-37(77)18-16-34)71-56(85)47(30-76)74-54(83)45(26-35-28-65-39-12-8-7-11-38(35)39)72-55(84)46(27-36-29-62-31-66-36)73-50(79)40-19-20-49(78)67-40;1-2(3)4/h7-8,11-12,15-18,28-29,31-33,40-48,65,76-77H,6,9-10,13-14,19-27,30H2,1-5H3,(H,62,66)(H,63,86)(H,67,78)(H,68,80)(H,69,81)(H,70,82)(H,71,85)(H,72,84)(H,73,79)(H,74,83)(H4,60,61,64);1H3,(H,3,4)/t40-,41+,42+,43+,44+,45+,46+,47+,48-;/m0./s1. The summed E-state index contributed by atoms with van der Waals surface area (Å²) in [5, 5.41) is 53.3. The van der Waals surface area contributed by atoms with Gasteiger partial charge in [-0.3, -0.25) is 57.7 Å². The number of likely N-dealkylation sites (tertiary alicyclic amines) is 1. The number of para-hydroxylation sites is 1. The number of phenols is 1. The molecular formula is C61H88N16O14. The molecule has 0 radical (unpaired) electrons. The van der Waals surface area contributed by atoms with Crippen molar-refractivity contribution in [2.24, 2.45) is 28.3 Å². The molecule has 30 nitrogen and oxygen atoms in total. The highest BCUT2D eigenvalue weighted by molar-refractivity contribution is 5.99. The molecule has 9 atom stereocenters. The quantitative estimate of drug-likeness (QED) is 0.0153. The fraction of sp³-hybridized carbons (Fsp3) is 0.525. The van der Waals surface area contributed by atoms with Crippen LogP contribution in [0.3, 0.4) is 0 Å². The van der Waals surface area contributed by atoms with Crippen molar-refractivity contribution >= 4 is 81.9 Å². The lowest BCUT2D eigenvalue weighted by atomic mass is 9.98. The Morgan fingerprint density at radius 3 is 1.80 bits per heavy atom. The van der Waals surface area contributed by atoms with Crippen LogP contribution >= 0.6 is 0 Å². The van der Waals surface area contributed by atoms with Gasteiger partial charge in [-0.1, -0.05) is 58.0 Å². The van der Waals surface area contributed by atoms with Crippen molar-refractivity contribution in [1.29, 1.82) is 0 Å². The van der Waals surface area contributed by atoms with E-state index in [1.807, 2.05) is 19.9 Å². The van der Waals surface area contributed by atoms with Crippen LogP contribution in [0.2, 0.25) is 0 Å². The second kappa shape index (κ2) is 35.5. The number of benzene rings is 2. The lowest BCUT2D eigenvalue weighted by molar-refractivity contribution is -0.142. The highest BCUT2D eigenvalue weighted by atomic mass is 16.4. The molecule has 496 valence electrons. The molecule has 0 unspecified atom stereocenters. The van der Waals surface area contributed by atoms with Crippen molar-refractivity contribution in [3.05, 3.63) is 84.1 Å². The number of rotatable bonds is 32. The van der Waals surface area contributed by atoms with E-state index >= 15 is 0 Å². The maximum atomic E-state index is 14.7. The molecule has 91 heavy (non-hydrogen) atoms. The summed E-state index contributed by atoms with van der Waals surface area (Å²) in [5.41, 5.74) is 13.3. The number of aliphatic imine (C=N–C) groups is 1. The van der Waals surface area contributed by atoms with Crippen LogP contribution in [0.5, 0.6) is 5.75 Å². The first-order valence-corrected chi connectivity index (χ1v) is 30.4. The first kappa shape index (κ1) is 72.1. The normalized spacial score (nSPS) is 16.7.